The van der Waals surface area contributed by atoms with Crippen molar-refractivity contribution in [1.82, 2.24) is 5.43 Å². The minimum Gasteiger partial charge on any atom is -0.271 e. The molecule has 0 aromatic carbocycles. The third-order valence-electron chi connectivity index (χ3n) is 4.39. The molecule has 0 aliphatic heterocycles. The molecule has 1 aliphatic carbocycles. The summed E-state index contributed by atoms with van der Waals surface area (Å²) in [6.45, 7) is 9.29. The van der Waals surface area contributed by atoms with E-state index >= 15 is 0 Å². The lowest BCUT2D eigenvalue weighted by Crippen LogP contribution is -2.48. The van der Waals surface area contributed by atoms with E-state index in [1.165, 1.54) is 44.9 Å². The first-order chi connectivity index (χ1) is 8.00. The van der Waals surface area contributed by atoms with Crippen LogP contribution in [0.3, 0.4) is 0 Å². The van der Waals surface area contributed by atoms with Gasteiger partial charge in [0.25, 0.3) is 0 Å². The SMILES string of the molecule is CC(C)CCC(NN)C1(CC(C)C)CCCC1. The number of rotatable bonds is 7. The smallest absolute Gasteiger partial charge is 0.0267 e. The Hall–Kier alpha value is -0.0800. The zero-order valence-electron chi connectivity index (χ0n) is 12.3. The molecular weight excluding hydrogens is 208 g/mol. The van der Waals surface area contributed by atoms with Gasteiger partial charge in [0.1, 0.15) is 0 Å². The van der Waals surface area contributed by atoms with Gasteiger partial charge in [0, 0.05) is 6.04 Å². The van der Waals surface area contributed by atoms with Crippen LogP contribution in [-0.4, -0.2) is 6.04 Å². The Bertz CT molecular complexity index is 205. The van der Waals surface area contributed by atoms with Gasteiger partial charge >= 0.3 is 0 Å². The molecule has 1 saturated carbocycles. The maximum Gasteiger partial charge on any atom is 0.0267 e. The highest BCUT2D eigenvalue weighted by molar-refractivity contribution is 4.94. The lowest BCUT2D eigenvalue weighted by Gasteiger charge is -2.39. The fourth-order valence-corrected chi connectivity index (χ4v) is 3.65. The Labute approximate surface area is 108 Å². The van der Waals surface area contributed by atoms with Crippen LogP contribution in [0.25, 0.3) is 0 Å². The van der Waals surface area contributed by atoms with Crippen LogP contribution in [0.1, 0.15) is 72.6 Å². The lowest BCUT2D eigenvalue weighted by atomic mass is 9.71. The summed E-state index contributed by atoms with van der Waals surface area (Å²) in [5.41, 5.74) is 3.63. The van der Waals surface area contributed by atoms with Crippen LogP contribution in [0, 0.1) is 17.3 Å². The molecule has 102 valence electrons. The van der Waals surface area contributed by atoms with Crippen LogP contribution in [-0.2, 0) is 0 Å². The average Bonchev–Trinajstić information content (AvgIpc) is 2.66. The third kappa shape index (κ3) is 4.26. The summed E-state index contributed by atoms with van der Waals surface area (Å²) in [6, 6.07) is 0.523. The second-order valence-corrected chi connectivity index (χ2v) is 6.86. The molecule has 0 aromatic rings. The number of hydrogen-bond acceptors (Lipinski definition) is 2. The molecule has 0 spiro atoms. The van der Waals surface area contributed by atoms with Crippen molar-refractivity contribution in [2.45, 2.75) is 78.7 Å². The van der Waals surface area contributed by atoms with E-state index in [9.17, 15) is 0 Å². The maximum atomic E-state index is 5.85. The summed E-state index contributed by atoms with van der Waals surface area (Å²) in [6.07, 6.45) is 9.39. The Kier molecular flexibility index (Phi) is 5.94. The first-order valence-electron chi connectivity index (χ1n) is 7.46. The lowest BCUT2D eigenvalue weighted by molar-refractivity contribution is 0.143. The van der Waals surface area contributed by atoms with Gasteiger partial charge in [0.2, 0.25) is 0 Å². The standard InChI is InChI=1S/C15H32N2/c1-12(2)7-8-14(17-16)15(11-13(3)4)9-5-6-10-15/h12-14,17H,5-11,16H2,1-4H3. The summed E-state index contributed by atoms with van der Waals surface area (Å²) >= 11 is 0. The molecule has 0 amide bonds. The Balaban J connectivity index is 2.65. The van der Waals surface area contributed by atoms with Crippen LogP contribution in [0.15, 0.2) is 0 Å². The number of hydrogen-bond donors (Lipinski definition) is 2. The zero-order chi connectivity index (χ0) is 12.9. The van der Waals surface area contributed by atoms with Crippen molar-refractivity contribution in [2.24, 2.45) is 23.1 Å². The molecule has 0 aromatic heterocycles. The average molecular weight is 240 g/mol. The molecule has 0 bridgehead atoms. The zero-order valence-corrected chi connectivity index (χ0v) is 12.3. The third-order valence-corrected chi connectivity index (χ3v) is 4.39. The van der Waals surface area contributed by atoms with Gasteiger partial charge < -0.3 is 0 Å². The largest absolute Gasteiger partial charge is 0.271 e. The molecule has 17 heavy (non-hydrogen) atoms. The fourth-order valence-electron chi connectivity index (χ4n) is 3.65. The van der Waals surface area contributed by atoms with Crippen LogP contribution in [0.2, 0.25) is 0 Å². The van der Waals surface area contributed by atoms with E-state index in [4.69, 9.17) is 5.84 Å². The highest BCUT2D eigenvalue weighted by Gasteiger charge is 2.40. The first-order valence-corrected chi connectivity index (χ1v) is 7.46. The van der Waals surface area contributed by atoms with Crippen molar-refractivity contribution in [2.75, 3.05) is 0 Å². The van der Waals surface area contributed by atoms with E-state index in [1.54, 1.807) is 0 Å². The molecule has 0 heterocycles. The van der Waals surface area contributed by atoms with E-state index in [-0.39, 0.29) is 0 Å². The highest BCUT2D eigenvalue weighted by atomic mass is 15.2. The minimum atomic E-state index is 0.484. The van der Waals surface area contributed by atoms with Crippen molar-refractivity contribution in [1.29, 1.82) is 0 Å². The van der Waals surface area contributed by atoms with Crippen LogP contribution >= 0.6 is 0 Å². The van der Waals surface area contributed by atoms with Gasteiger partial charge in [-0.2, -0.15) is 0 Å². The van der Waals surface area contributed by atoms with Gasteiger partial charge in [-0.15, -0.1) is 0 Å². The van der Waals surface area contributed by atoms with Gasteiger partial charge in [-0.25, -0.2) is 0 Å². The molecule has 2 nitrogen and oxygen atoms in total. The number of nitrogens with one attached hydrogen (secondary N) is 1. The molecule has 0 radical (unpaired) electrons. The molecule has 2 heteroatoms. The number of hydrazine groups is 1. The quantitative estimate of drug-likeness (QED) is 0.524. The van der Waals surface area contributed by atoms with E-state index in [0.29, 0.717) is 11.5 Å². The second-order valence-electron chi connectivity index (χ2n) is 6.86. The summed E-state index contributed by atoms with van der Waals surface area (Å²) in [5, 5.41) is 0. The molecule has 3 N–H and O–H groups in total. The molecule has 1 atom stereocenters. The summed E-state index contributed by atoms with van der Waals surface area (Å²) < 4.78 is 0. The van der Waals surface area contributed by atoms with Crippen LogP contribution in [0.5, 0.6) is 0 Å². The van der Waals surface area contributed by atoms with Crippen molar-refractivity contribution >= 4 is 0 Å². The van der Waals surface area contributed by atoms with Gasteiger partial charge in [-0.05, 0) is 49.4 Å². The Morgan fingerprint density at radius 3 is 2.00 bits per heavy atom. The van der Waals surface area contributed by atoms with Crippen molar-refractivity contribution in [3.63, 3.8) is 0 Å². The molecular formula is C15H32N2. The van der Waals surface area contributed by atoms with E-state index in [0.717, 1.165) is 11.8 Å². The topological polar surface area (TPSA) is 38.0 Å². The Morgan fingerprint density at radius 2 is 1.59 bits per heavy atom. The minimum absolute atomic E-state index is 0.484. The summed E-state index contributed by atoms with van der Waals surface area (Å²) in [7, 11) is 0. The highest BCUT2D eigenvalue weighted by Crippen LogP contribution is 2.47. The predicted octanol–water partition coefficient (Wildman–Crippen LogP) is 3.86. The molecule has 1 fully saturated rings. The molecule has 1 unspecified atom stereocenters. The van der Waals surface area contributed by atoms with E-state index in [1.807, 2.05) is 0 Å². The summed E-state index contributed by atoms with van der Waals surface area (Å²) in [4.78, 5) is 0. The van der Waals surface area contributed by atoms with Gasteiger partial charge in [-0.1, -0.05) is 40.5 Å². The number of nitrogens with two attached hydrogens (primary N) is 1. The Morgan fingerprint density at radius 1 is 1.00 bits per heavy atom. The second kappa shape index (κ2) is 6.75. The van der Waals surface area contributed by atoms with E-state index < -0.39 is 0 Å². The van der Waals surface area contributed by atoms with Crippen molar-refractivity contribution in [3.05, 3.63) is 0 Å². The normalized spacial score (nSPS) is 21.4. The first kappa shape index (κ1) is 15.0. The van der Waals surface area contributed by atoms with Gasteiger partial charge in [0.05, 0.1) is 0 Å². The van der Waals surface area contributed by atoms with Crippen molar-refractivity contribution < 1.29 is 0 Å². The van der Waals surface area contributed by atoms with Crippen LogP contribution < -0.4 is 11.3 Å². The van der Waals surface area contributed by atoms with E-state index in [2.05, 4.69) is 33.1 Å². The molecule has 0 saturated heterocycles. The monoisotopic (exact) mass is 240 g/mol. The predicted molar refractivity (Wildman–Crippen MR) is 75.5 cm³/mol. The van der Waals surface area contributed by atoms with Gasteiger partial charge in [0.15, 0.2) is 0 Å². The molecule has 1 rings (SSSR count). The fraction of sp³-hybridized carbons (Fsp3) is 1.00. The van der Waals surface area contributed by atoms with Crippen LogP contribution in [0.4, 0.5) is 0 Å². The summed E-state index contributed by atoms with van der Waals surface area (Å²) in [5.74, 6) is 7.41. The van der Waals surface area contributed by atoms with Gasteiger partial charge in [-0.3, -0.25) is 11.3 Å². The maximum absolute atomic E-state index is 5.85. The molecule has 1 aliphatic rings. The van der Waals surface area contributed by atoms with Crippen molar-refractivity contribution in [3.8, 4) is 0 Å².